The molecule has 3 aromatic carbocycles. The van der Waals surface area contributed by atoms with Crippen LogP contribution in [0.3, 0.4) is 0 Å². The summed E-state index contributed by atoms with van der Waals surface area (Å²) in [6.45, 7) is 1.73. The van der Waals surface area contributed by atoms with E-state index < -0.39 is 17.8 Å². The first-order valence-electron chi connectivity index (χ1n) is 9.56. The van der Waals surface area contributed by atoms with Gasteiger partial charge in [-0.05, 0) is 67.6 Å². The summed E-state index contributed by atoms with van der Waals surface area (Å²) in [5.74, 6) is 0.523. The molecule has 0 aliphatic carbocycles. The van der Waals surface area contributed by atoms with E-state index in [9.17, 15) is 22.8 Å². The highest BCUT2D eigenvalue weighted by atomic mass is 19.4. The fourth-order valence-electron chi connectivity index (χ4n) is 3.28. The summed E-state index contributed by atoms with van der Waals surface area (Å²) >= 11 is 0. The average molecular weight is 438 g/mol. The van der Waals surface area contributed by atoms with Crippen molar-refractivity contribution in [3.63, 3.8) is 0 Å². The van der Waals surface area contributed by atoms with Gasteiger partial charge in [-0.25, -0.2) is 9.78 Å². The van der Waals surface area contributed by atoms with Crippen LogP contribution in [-0.2, 0) is 6.18 Å². The summed E-state index contributed by atoms with van der Waals surface area (Å²) in [7, 11) is 0. The number of hydrogen-bond donors (Lipinski definition) is 2. The smallest absolute Gasteiger partial charge is 0.308 e. The molecule has 0 saturated carbocycles. The second-order valence-corrected chi connectivity index (χ2v) is 7.02. The van der Waals surface area contributed by atoms with Crippen LogP contribution in [0.25, 0.3) is 16.6 Å². The molecular formula is C23H17F3N4O2. The Morgan fingerprint density at radius 2 is 1.44 bits per heavy atom. The molecule has 2 N–H and O–H groups in total. The van der Waals surface area contributed by atoms with Gasteiger partial charge >= 0.3 is 12.2 Å². The average Bonchev–Trinajstić information content (AvgIpc) is 2.74. The molecule has 2 amide bonds. The van der Waals surface area contributed by atoms with Crippen molar-refractivity contribution in [2.75, 3.05) is 10.6 Å². The maximum Gasteiger partial charge on any atom is 0.416 e. The van der Waals surface area contributed by atoms with Crippen LogP contribution >= 0.6 is 0 Å². The fraction of sp³-hybridized carbons (Fsp3) is 0.0870. The molecule has 1 heterocycles. The Labute approximate surface area is 180 Å². The van der Waals surface area contributed by atoms with Gasteiger partial charge in [0, 0.05) is 11.4 Å². The topological polar surface area (TPSA) is 76.0 Å². The van der Waals surface area contributed by atoms with Crippen molar-refractivity contribution in [1.29, 1.82) is 0 Å². The Kier molecular flexibility index (Phi) is 5.40. The molecule has 0 bridgehead atoms. The van der Waals surface area contributed by atoms with Crippen molar-refractivity contribution in [2.24, 2.45) is 0 Å². The third-order valence-electron chi connectivity index (χ3n) is 4.80. The highest BCUT2D eigenvalue weighted by molar-refractivity contribution is 5.99. The van der Waals surface area contributed by atoms with Gasteiger partial charge in [-0.2, -0.15) is 13.2 Å². The van der Waals surface area contributed by atoms with Crippen molar-refractivity contribution in [2.45, 2.75) is 13.1 Å². The predicted molar refractivity (Wildman–Crippen MR) is 116 cm³/mol. The van der Waals surface area contributed by atoms with E-state index in [-0.39, 0.29) is 11.2 Å². The standard InChI is InChI=1S/C23H17F3N4O2/c1-14-27-20-5-3-2-4-19(20)21(31)30(14)18-12-10-17(11-13-18)29-22(32)28-16-8-6-15(7-9-16)23(24,25)26/h2-13H,1H3,(H2,28,29,32). The van der Waals surface area contributed by atoms with Gasteiger partial charge < -0.3 is 10.6 Å². The van der Waals surface area contributed by atoms with Gasteiger partial charge in [0.1, 0.15) is 5.82 Å². The number of benzene rings is 3. The number of halogens is 3. The number of aromatic nitrogens is 2. The van der Waals surface area contributed by atoms with Gasteiger partial charge in [0.25, 0.3) is 5.56 Å². The Balaban J connectivity index is 1.49. The second-order valence-electron chi connectivity index (χ2n) is 7.02. The number of fused-ring (bicyclic) bond motifs is 1. The van der Waals surface area contributed by atoms with E-state index in [2.05, 4.69) is 15.6 Å². The number of para-hydroxylation sites is 1. The summed E-state index contributed by atoms with van der Waals surface area (Å²) < 4.78 is 39.4. The predicted octanol–water partition coefficient (Wildman–Crippen LogP) is 5.36. The normalized spacial score (nSPS) is 11.4. The van der Waals surface area contributed by atoms with Gasteiger partial charge in [-0.15, -0.1) is 0 Å². The summed E-state index contributed by atoms with van der Waals surface area (Å²) in [4.78, 5) is 29.5. The molecule has 0 unspecified atom stereocenters. The zero-order valence-corrected chi connectivity index (χ0v) is 16.8. The molecule has 0 atom stereocenters. The van der Waals surface area contributed by atoms with Crippen molar-refractivity contribution < 1.29 is 18.0 Å². The first-order valence-corrected chi connectivity index (χ1v) is 9.56. The van der Waals surface area contributed by atoms with Crippen LogP contribution in [-0.4, -0.2) is 15.6 Å². The minimum atomic E-state index is -4.44. The first-order chi connectivity index (χ1) is 15.2. The molecule has 4 rings (SSSR count). The maximum atomic E-state index is 12.9. The number of urea groups is 1. The second kappa shape index (κ2) is 8.18. The number of rotatable bonds is 3. The largest absolute Gasteiger partial charge is 0.416 e. The van der Waals surface area contributed by atoms with Gasteiger partial charge in [0.15, 0.2) is 0 Å². The molecule has 0 spiro atoms. The molecule has 0 aliphatic heterocycles. The molecule has 9 heteroatoms. The Morgan fingerprint density at radius 3 is 2.03 bits per heavy atom. The van der Waals surface area contributed by atoms with Crippen LogP contribution in [0.5, 0.6) is 0 Å². The Morgan fingerprint density at radius 1 is 0.875 bits per heavy atom. The third-order valence-corrected chi connectivity index (χ3v) is 4.80. The lowest BCUT2D eigenvalue weighted by atomic mass is 10.2. The lowest BCUT2D eigenvalue weighted by Gasteiger charge is -2.12. The van der Waals surface area contributed by atoms with Gasteiger partial charge in [-0.3, -0.25) is 9.36 Å². The lowest BCUT2D eigenvalue weighted by Crippen LogP contribution is -2.22. The molecule has 6 nitrogen and oxygen atoms in total. The minimum Gasteiger partial charge on any atom is -0.308 e. The number of nitrogens with one attached hydrogen (secondary N) is 2. The number of nitrogens with zero attached hydrogens (tertiary/aromatic N) is 2. The Bertz CT molecular complexity index is 1350. The summed E-state index contributed by atoms with van der Waals surface area (Å²) in [6.07, 6.45) is -4.44. The van der Waals surface area contributed by atoms with Crippen molar-refractivity contribution in [3.05, 3.63) is 94.5 Å². The molecule has 0 aliphatic rings. The Hall–Kier alpha value is -4.14. The molecule has 0 saturated heterocycles. The van der Waals surface area contributed by atoms with Crippen molar-refractivity contribution >= 4 is 28.3 Å². The van der Waals surface area contributed by atoms with E-state index in [1.165, 1.54) is 16.7 Å². The molecular weight excluding hydrogens is 421 g/mol. The molecule has 4 aromatic rings. The van der Waals surface area contributed by atoms with E-state index in [1.54, 1.807) is 49.4 Å². The van der Waals surface area contributed by atoms with Crippen LogP contribution in [0.1, 0.15) is 11.4 Å². The van der Waals surface area contributed by atoms with Gasteiger partial charge in [0.05, 0.1) is 22.2 Å². The maximum absolute atomic E-state index is 12.9. The number of anilines is 2. The van der Waals surface area contributed by atoms with E-state index in [4.69, 9.17) is 0 Å². The van der Waals surface area contributed by atoms with E-state index >= 15 is 0 Å². The van der Waals surface area contributed by atoms with Crippen molar-refractivity contribution in [3.8, 4) is 5.69 Å². The first kappa shape index (κ1) is 21.1. The minimum absolute atomic E-state index is 0.200. The SMILES string of the molecule is Cc1nc2ccccc2c(=O)n1-c1ccc(NC(=O)Nc2ccc(C(F)(F)F)cc2)cc1. The number of carbonyl (C=O) groups excluding carboxylic acids is 1. The molecule has 0 fully saturated rings. The highest BCUT2D eigenvalue weighted by Crippen LogP contribution is 2.29. The molecule has 32 heavy (non-hydrogen) atoms. The number of hydrogen-bond acceptors (Lipinski definition) is 3. The third kappa shape index (κ3) is 4.31. The lowest BCUT2D eigenvalue weighted by molar-refractivity contribution is -0.137. The zero-order valence-electron chi connectivity index (χ0n) is 16.8. The highest BCUT2D eigenvalue weighted by Gasteiger charge is 2.30. The van der Waals surface area contributed by atoms with E-state index in [1.807, 2.05) is 6.07 Å². The number of alkyl halides is 3. The van der Waals surface area contributed by atoms with Gasteiger partial charge in [0.2, 0.25) is 0 Å². The van der Waals surface area contributed by atoms with Crippen LogP contribution in [0.4, 0.5) is 29.3 Å². The van der Waals surface area contributed by atoms with Crippen LogP contribution in [0.15, 0.2) is 77.6 Å². The summed E-state index contributed by atoms with van der Waals surface area (Å²) in [5, 5.41) is 5.57. The molecule has 1 aromatic heterocycles. The van der Waals surface area contributed by atoms with Crippen LogP contribution in [0, 0.1) is 6.92 Å². The molecule has 0 radical (unpaired) electrons. The van der Waals surface area contributed by atoms with Crippen LogP contribution in [0.2, 0.25) is 0 Å². The van der Waals surface area contributed by atoms with E-state index in [0.29, 0.717) is 28.1 Å². The summed E-state index contributed by atoms with van der Waals surface area (Å²) in [6, 6.07) is 17.1. The number of aryl methyl sites for hydroxylation is 1. The number of carbonyl (C=O) groups is 1. The fourth-order valence-corrected chi connectivity index (χ4v) is 3.28. The van der Waals surface area contributed by atoms with E-state index in [0.717, 1.165) is 12.1 Å². The van der Waals surface area contributed by atoms with Gasteiger partial charge in [-0.1, -0.05) is 12.1 Å². The zero-order chi connectivity index (χ0) is 22.9. The monoisotopic (exact) mass is 438 g/mol. The van der Waals surface area contributed by atoms with Crippen molar-refractivity contribution in [1.82, 2.24) is 9.55 Å². The molecule has 162 valence electrons. The quantitative estimate of drug-likeness (QED) is 0.452. The van der Waals surface area contributed by atoms with Crippen LogP contribution < -0.4 is 16.2 Å². The number of amides is 2. The summed E-state index contributed by atoms with van der Waals surface area (Å²) in [5.41, 5.74) is 0.861.